The lowest BCUT2D eigenvalue weighted by Crippen LogP contribution is -2.42. The van der Waals surface area contributed by atoms with E-state index < -0.39 is 5.92 Å². The quantitative estimate of drug-likeness (QED) is 0.497. The third-order valence-electron chi connectivity index (χ3n) is 5.48. The summed E-state index contributed by atoms with van der Waals surface area (Å²) in [7, 11) is 0. The minimum absolute atomic E-state index is 0.0813. The molecule has 1 unspecified atom stereocenters. The summed E-state index contributed by atoms with van der Waals surface area (Å²) in [6.45, 7) is 8.37. The highest BCUT2D eigenvalue weighted by molar-refractivity contribution is 8.01. The highest BCUT2D eigenvalue weighted by Gasteiger charge is 2.46. The maximum Gasteiger partial charge on any atom is 0.219 e. The first-order valence-electron chi connectivity index (χ1n) is 10.4. The van der Waals surface area contributed by atoms with Crippen LogP contribution in [0, 0.1) is 16.7 Å². The normalized spacial score (nSPS) is 20.5. The van der Waals surface area contributed by atoms with Crippen molar-refractivity contribution >= 4 is 57.1 Å². The highest BCUT2D eigenvalue weighted by Crippen LogP contribution is 2.52. The highest BCUT2D eigenvalue weighted by atomic mass is 32.2. The number of rotatable bonds is 6. The van der Waals surface area contributed by atoms with Crippen LogP contribution in [0.4, 0.5) is 5.13 Å². The fourth-order valence-corrected chi connectivity index (χ4v) is 8.13. The number of thiophene rings is 1. The number of anilines is 1. The fourth-order valence-electron chi connectivity index (χ4n) is 4.28. The van der Waals surface area contributed by atoms with Gasteiger partial charge in [0, 0.05) is 17.7 Å². The Morgan fingerprint density at radius 3 is 2.72 bits per heavy atom. The summed E-state index contributed by atoms with van der Waals surface area (Å²) in [6, 6.07) is 4.37. The van der Waals surface area contributed by atoms with Gasteiger partial charge < -0.3 is 5.73 Å². The number of carbonyl (C=O) groups excluding carboxylic acids is 1. The molecule has 168 valence electrons. The summed E-state index contributed by atoms with van der Waals surface area (Å²) in [6.07, 6.45) is 1.13. The number of thioether (sulfide) groups is 2. The molecule has 0 saturated carbocycles. The molecule has 0 saturated heterocycles. The molecule has 0 fully saturated rings. The number of Topliss-reactive ketones (excluding diaryl/α,β-unsaturated/α-hetero) is 1. The Bertz CT molecular complexity index is 1150. The Morgan fingerprint density at radius 2 is 2.03 bits per heavy atom. The maximum atomic E-state index is 13.6. The number of hydrogen-bond donors (Lipinski definition) is 1. The minimum Gasteiger partial charge on any atom is -0.384 e. The molecule has 1 aliphatic heterocycles. The van der Waals surface area contributed by atoms with E-state index in [1.807, 2.05) is 16.3 Å². The average Bonchev–Trinajstić information content (AvgIpc) is 3.36. The number of ketones is 1. The molecule has 0 amide bonds. The SMILES string of the molecule is CCSc1nnc(N2C(N)=C(C#N)C(c3ccsc3SCC)C3=C2CC(C)(C)CC3=O)s1. The maximum absolute atomic E-state index is 13.6. The predicted octanol–water partition coefficient (Wildman–Crippen LogP) is 5.76. The van der Waals surface area contributed by atoms with Crippen molar-refractivity contribution in [3.63, 3.8) is 0 Å². The Labute approximate surface area is 205 Å². The van der Waals surface area contributed by atoms with Gasteiger partial charge in [0.15, 0.2) is 10.1 Å². The smallest absolute Gasteiger partial charge is 0.219 e. The van der Waals surface area contributed by atoms with Gasteiger partial charge in [0.2, 0.25) is 5.13 Å². The molecule has 2 aromatic rings. The minimum atomic E-state index is -0.437. The summed E-state index contributed by atoms with van der Waals surface area (Å²) in [5.41, 5.74) is 9.43. The summed E-state index contributed by atoms with van der Waals surface area (Å²) < 4.78 is 1.98. The van der Waals surface area contributed by atoms with Crippen LogP contribution in [0.15, 0.2) is 42.7 Å². The van der Waals surface area contributed by atoms with Gasteiger partial charge >= 0.3 is 0 Å². The molecule has 4 rings (SSSR count). The van der Waals surface area contributed by atoms with Crippen LogP contribution >= 0.6 is 46.2 Å². The summed E-state index contributed by atoms with van der Waals surface area (Å²) in [5, 5.41) is 21.5. The van der Waals surface area contributed by atoms with Crippen molar-refractivity contribution in [2.75, 3.05) is 16.4 Å². The van der Waals surface area contributed by atoms with E-state index in [1.54, 1.807) is 34.9 Å². The molecule has 0 aromatic carbocycles. The number of nitrogens with zero attached hydrogens (tertiary/aromatic N) is 4. The number of allylic oxidation sites excluding steroid dienone is 3. The molecule has 0 spiro atoms. The molecule has 3 heterocycles. The third kappa shape index (κ3) is 4.12. The first-order chi connectivity index (χ1) is 15.3. The van der Waals surface area contributed by atoms with Gasteiger partial charge in [-0.15, -0.1) is 33.3 Å². The lowest BCUT2D eigenvalue weighted by atomic mass is 9.69. The van der Waals surface area contributed by atoms with Crippen LogP contribution in [0.3, 0.4) is 0 Å². The molecular weight excluding hydrogens is 479 g/mol. The van der Waals surface area contributed by atoms with Crippen molar-refractivity contribution in [1.82, 2.24) is 10.2 Å². The van der Waals surface area contributed by atoms with E-state index in [0.29, 0.717) is 34.9 Å². The van der Waals surface area contributed by atoms with Gasteiger partial charge in [-0.2, -0.15) is 5.26 Å². The van der Waals surface area contributed by atoms with Crippen molar-refractivity contribution in [2.45, 2.75) is 55.0 Å². The first kappa shape index (κ1) is 23.4. The lowest BCUT2D eigenvalue weighted by molar-refractivity contribution is -0.118. The Morgan fingerprint density at radius 1 is 1.28 bits per heavy atom. The van der Waals surface area contributed by atoms with Crippen LogP contribution < -0.4 is 10.6 Å². The van der Waals surface area contributed by atoms with Gasteiger partial charge in [0.05, 0.1) is 21.8 Å². The van der Waals surface area contributed by atoms with E-state index in [2.05, 4.69) is 44.0 Å². The molecule has 1 aliphatic carbocycles. The number of nitriles is 1. The monoisotopic (exact) mass is 503 g/mol. The molecule has 1 atom stereocenters. The molecule has 2 aromatic heterocycles. The van der Waals surface area contributed by atoms with E-state index in [4.69, 9.17) is 5.73 Å². The average molecular weight is 504 g/mol. The summed E-state index contributed by atoms with van der Waals surface area (Å²) >= 11 is 6.44. The topological polar surface area (TPSA) is 95.9 Å². The molecule has 0 radical (unpaired) electrons. The lowest BCUT2D eigenvalue weighted by Gasteiger charge is -2.42. The van der Waals surface area contributed by atoms with Gasteiger partial charge in [0.1, 0.15) is 5.82 Å². The zero-order valence-electron chi connectivity index (χ0n) is 18.5. The molecule has 6 nitrogen and oxygen atoms in total. The van der Waals surface area contributed by atoms with Crippen LogP contribution in [0.25, 0.3) is 0 Å². The van der Waals surface area contributed by atoms with Crippen LogP contribution in [0.1, 0.15) is 52.0 Å². The molecule has 10 heteroatoms. The van der Waals surface area contributed by atoms with E-state index in [-0.39, 0.29) is 11.2 Å². The molecule has 0 bridgehead atoms. The zero-order valence-corrected chi connectivity index (χ0v) is 21.7. The third-order valence-corrected chi connectivity index (χ3v) is 9.56. The second-order valence-electron chi connectivity index (χ2n) is 8.36. The van der Waals surface area contributed by atoms with Crippen molar-refractivity contribution in [3.05, 3.63) is 39.7 Å². The van der Waals surface area contributed by atoms with Crippen molar-refractivity contribution in [2.24, 2.45) is 11.1 Å². The van der Waals surface area contributed by atoms with Gasteiger partial charge in [-0.1, -0.05) is 50.8 Å². The first-order valence-corrected chi connectivity index (χ1v) is 14.1. The van der Waals surface area contributed by atoms with E-state index >= 15 is 0 Å². The van der Waals surface area contributed by atoms with Crippen LogP contribution in [-0.4, -0.2) is 27.5 Å². The molecule has 2 aliphatic rings. The van der Waals surface area contributed by atoms with Crippen LogP contribution in [0.5, 0.6) is 0 Å². The van der Waals surface area contributed by atoms with E-state index in [0.717, 1.165) is 31.3 Å². The Kier molecular flexibility index (Phi) is 6.73. The fraction of sp³-hybridized carbons (Fsp3) is 0.455. The van der Waals surface area contributed by atoms with Crippen molar-refractivity contribution in [3.8, 4) is 6.07 Å². The van der Waals surface area contributed by atoms with Gasteiger partial charge in [0.25, 0.3) is 0 Å². The van der Waals surface area contributed by atoms with Crippen LogP contribution in [-0.2, 0) is 4.79 Å². The van der Waals surface area contributed by atoms with Gasteiger partial charge in [-0.25, -0.2) is 0 Å². The standard InChI is InChI=1S/C22H25N5OS4/c1-5-29-19-12(7-8-31-19)16-13(11-23)18(24)27(20-25-26-21(32-20)30-6-2)14-9-22(3,4)10-15(28)17(14)16/h7-8,16H,5-6,9-10,24H2,1-4H3. The Hall–Kier alpha value is -1.80. The second-order valence-corrected chi connectivity index (χ2v) is 13.3. The van der Waals surface area contributed by atoms with Crippen molar-refractivity contribution in [1.29, 1.82) is 5.26 Å². The second kappa shape index (κ2) is 9.21. The zero-order chi connectivity index (χ0) is 23.0. The van der Waals surface area contributed by atoms with Gasteiger partial charge in [-0.3, -0.25) is 9.69 Å². The van der Waals surface area contributed by atoms with Crippen LogP contribution in [0.2, 0.25) is 0 Å². The molecule has 32 heavy (non-hydrogen) atoms. The number of aromatic nitrogens is 2. The van der Waals surface area contributed by atoms with E-state index in [9.17, 15) is 10.1 Å². The largest absolute Gasteiger partial charge is 0.384 e. The van der Waals surface area contributed by atoms with E-state index in [1.165, 1.54) is 11.3 Å². The Balaban J connectivity index is 1.94. The predicted molar refractivity (Wildman–Crippen MR) is 134 cm³/mol. The number of carbonyl (C=O) groups is 1. The molecular formula is C22H25N5OS4. The summed E-state index contributed by atoms with van der Waals surface area (Å²) in [4.78, 5) is 15.4. The molecule has 2 N–H and O–H groups in total. The van der Waals surface area contributed by atoms with Gasteiger partial charge in [-0.05, 0) is 40.4 Å². The number of nitrogens with two attached hydrogens (primary N) is 1. The summed E-state index contributed by atoms with van der Waals surface area (Å²) in [5.74, 6) is 1.80. The number of hydrogen-bond acceptors (Lipinski definition) is 10. The van der Waals surface area contributed by atoms with Crippen molar-refractivity contribution < 1.29 is 4.79 Å².